The molecule has 1 saturated heterocycles. The summed E-state index contributed by atoms with van der Waals surface area (Å²) in [6.45, 7) is 0.792. The average Bonchev–Trinajstić information content (AvgIpc) is 2.55. The number of sulfonamides is 1. The molecule has 2 amide bonds. The van der Waals surface area contributed by atoms with Gasteiger partial charge in [0.25, 0.3) is 0 Å². The number of likely N-dealkylation sites (tertiary alicyclic amines) is 1. The topological polar surface area (TPSA) is 101 Å². The highest BCUT2D eigenvalue weighted by atomic mass is 32.2. The second-order valence-corrected chi connectivity index (χ2v) is 8.14. The number of hydrogen-bond acceptors (Lipinski definition) is 4. The Hall–Kier alpha value is -1.93. The van der Waals surface area contributed by atoms with Crippen LogP contribution in [0.25, 0.3) is 0 Å². The molecule has 1 fully saturated rings. The largest absolute Gasteiger partial charge is 0.369 e. The lowest BCUT2D eigenvalue weighted by Crippen LogP contribution is -2.47. The molecule has 2 rings (SSSR count). The Morgan fingerprint density at radius 1 is 1.21 bits per heavy atom. The average molecular weight is 353 g/mol. The van der Waals surface area contributed by atoms with E-state index >= 15 is 0 Å². The molecule has 1 aromatic rings. The van der Waals surface area contributed by atoms with Gasteiger partial charge in [0.15, 0.2) is 0 Å². The summed E-state index contributed by atoms with van der Waals surface area (Å²) in [7, 11) is -2.14. The van der Waals surface area contributed by atoms with Crippen LogP contribution in [0.3, 0.4) is 0 Å². The highest BCUT2D eigenvalue weighted by molar-refractivity contribution is 7.88. The van der Waals surface area contributed by atoms with E-state index in [0.29, 0.717) is 31.5 Å². The molecule has 1 aliphatic rings. The molecular formula is C16H23N3O4S. The van der Waals surface area contributed by atoms with Gasteiger partial charge in [-0.2, -0.15) is 4.31 Å². The molecule has 0 spiro atoms. The van der Waals surface area contributed by atoms with Crippen molar-refractivity contribution in [3.05, 3.63) is 35.9 Å². The highest BCUT2D eigenvalue weighted by Gasteiger charge is 2.35. The number of piperidine rings is 1. The Morgan fingerprint density at radius 2 is 1.75 bits per heavy atom. The van der Waals surface area contributed by atoms with Crippen LogP contribution in [0.2, 0.25) is 0 Å². The summed E-state index contributed by atoms with van der Waals surface area (Å²) in [6.07, 6.45) is 2.09. The van der Waals surface area contributed by atoms with E-state index in [1.165, 1.54) is 7.05 Å². The van der Waals surface area contributed by atoms with E-state index < -0.39 is 16.1 Å². The summed E-state index contributed by atoms with van der Waals surface area (Å²) in [6, 6.07) is 7.91. The predicted octanol–water partition coefficient (Wildman–Crippen LogP) is 0.343. The smallest absolute Gasteiger partial charge is 0.245 e. The van der Waals surface area contributed by atoms with Gasteiger partial charge in [-0.15, -0.1) is 0 Å². The monoisotopic (exact) mass is 353 g/mol. The fraction of sp³-hybridized carbons (Fsp3) is 0.500. The Kier molecular flexibility index (Phi) is 5.61. The van der Waals surface area contributed by atoms with Crippen molar-refractivity contribution < 1.29 is 18.0 Å². The molecule has 0 aromatic heterocycles. The van der Waals surface area contributed by atoms with E-state index in [2.05, 4.69) is 0 Å². The Bertz CT molecular complexity index is 697. The van der Waals surface area contributed by atoms with Gasteiger partial charge in [0, 0.05) is 26.1 Å². The number of benzene rings is 1. The third-order valence-corrected chi connectivity index (χ3v) is 5.70. The number of amides is 2. The van der Waals surface area contributed by atoms with Crippen molar-refractivity contribution in [3.63, 3.8) is 0 Å². The maximum Gasteiger partial charge on any atom is 0.245 e. The summed E-state index contributed by atoms with van der Waals surface area (Å²) < 4.78 is 25.0. The zero-order valence-corrected chi connectivity index (χ0v) is 14.7. The summed E-state index contributed by atoms with van der Waals surface area (Å²) >= 11 is 0. The number of nitrogens with zero attached hydrogens (tertiary/aromatic N) is 2. The normalized spacial score (nSPS) is 17.7. The van der Waals surface area contributed by atoms with Crippen LogP contribution in [-0.4, -0.2) is 55.8 Å². The minimum atomic E-state index is -3.55. The molecule has 1 aromatic carbocycles. The zero-order valence-electron chi connectivity index (χ0n) is 13.9. The first-order valence-corrected chi connectivity index (χ1v) is 9.62. The fourth-order valence-electron chi connectivity index (χ4n) is 2.89. The van der Waals surface area contributed by atoms with Crippen LogP contribution >= 0.6 is 0 Å². The van der Waals surface area contributed by atoms with Crippen molar-refractivity contribution >= 4 is 21.8 Å². The second kappa shape index (κ2) is 7.31. The molecule has 1 aliphatic heterocycles. The molecule has 0 saturated carbocycles. The van der Waals surface area contributed by atoms with Crippen LogP contribution < -0.4 is 5.73 Å². The van der Waals surface area contributed by atoms with Crippen molar-refractivity contribution in [3.8, 4) is 0 Å². The fourth-order valence-corrected chi connectivity index (χ4v) is 3.49. The number of primary amides is 1. The van der Waals surface area contributed by atoms with Gasteiger partial charge < -0.3 is 10.6 Å². The third-order valence-electron chi connectivity index (χ3n) is 4.44. The molecular weight excluding hydrogens is 330 g/mol. The molecule has 7 nitrogen and oxygen atoms in total. The van der Waals surface area contributed by atoms with E-state index in [9.17, 15) is 18.0 Å². The third kappa shape index (κ3) is 4.12. The minimum Gasteiger partial charge on any atom is -0.369 e. The van der Waals surface area contributed by atoms with Gasteiger partial charge in [-0.1, -0.05) is 30.3 Å². The van der Waals surface area contributed by atoms with E-state index in [1.54, 1.807) is 29.2 Å². The molecule has 0 aliphatic carbocycles. The lowest BCUT2D eigenvalue weighted by Gasteiger charge is -2.35. The van der Waals surface area contributed by atoms with Gasteiger partial charge >= 0.3 is 0 Å². The minimum absolute atomic E-state index is 0.225. The van der Waals surface area contributed by atoms with Crippen molar-refractivity contribution in [2.75, 3.05) is 26.4 Å². The number of hydrogen-bond donors (Lipinski definition) is 1. The summed E-state index contributed by atoms with van der Waals surface area (Å²) in [5.41, 5.74) is 5.93. The van der Waals surface area contributed by atoms with Crippen molar-refractivity contribution in [1.29, 1.82) is 0 Å². The van der Waals surface area contributed by atoms with Crippen LogP contribution in [0.5, 0.6) is 0 Å². The van der Waals surface area contributed by atoms with Crippen LogP contribution in [0.4, 0.5) is 0 Å². The number of rotatable bonds is 5. The summed E-state index contributed by atoms with van der Waals surface area (Å²) in [5.74, 6) is -0.858. The molecule has 1 heterocycles. The highest BCUT2D eigenvalue weighted by Crippen LogP contribution is 2.26. The maximum atomic E-state index is 13.0. The number of carbonyl (C=O) groups excluding carboxylic acids is 2. The van der Waals surface area contributed by atoms with Gasteiger partial charge in [-0.05, 0) is 18.4 Å². The first-order valence-electron chi connectivity index (χ1n) is 7.78. The SMILES string of the molecule is CN(C(C(=O)N1CCC(C(N)=O)CC1)c1ccccc1)S(C)(=O)=O. The number of nitrogens with two attached hydrogens (primary N) is 1. The first-order chi connectivity index (χ1) is 11.2. The van der Waals surface area contributed by atoms with Gasteiger partial charge in [0.1, 0.15) is 6.04 Å². The quantitative estimate of drug-likeness (QED) is 0.825. The lowest BCUT2D eigenvalue weighted by atomic mass is 9.95. The van der Waals surface area contributed by atoms with Crippen molar-refractivity contribution in [2.24, 2.45) is 11.7 Å². The molecule has 2 N–H and O–H groups in total. The van der Waals surface area contributed by atoms with Gasteiger partial charge in [-0.3, -0.25) is 9.59 Å². The molecule has 0 radical (unpaired) electrons. The van der Waals surface area contributed by atoms with Crippen LogP contribution in [0, 0.1) is 5.92 Å². The number of likely N-dealkylation sites (N-methyl/N-ethyl adjacent to an activating group) is 1. The molecule has 132 valence electrons. The van der Waals surface area contributed by atoms with Gasteiger partial charge in [0.2, 0.25) is 21.8 Å². The van der Waals surface area contributed by atoms with Crippen molar-refractivity contribution in [1.82, 2.24) is 9.21 Å². The van der Waals surface area contributed by atoms with E-state index in [4.69, 9.17) is 5.73 Å². The van der Waals surface area contributed by atoms with E-state index in [-0.39, 0.29) is 17.7 Å². The van der Waals surface area contributed by atoms with Gasteiger partial charge in [0.05, 0.1) is 6.26 Å². The summed E-state index contributed by atoms with van der Waals surface area (Å²) in [5, 5.41) is 0. The second-order valence-electron chi connectivity index (χ2n) is 6.09. The molecule has 1 atom stereocenters. The van der Waals surface area contributed by atoms with E-state index in [1.807, 2.05) is 6.07 Å². The van der Waals surface area contributed by atoms with Crippen LogP contribution in [0.1, 0.15) is 24.4 Å². The van der Waals surface area contributed by atoms with E-state index in [0.717, 1.165) is 10.6 Å². The lowest BCUT2D eigenvalue weighted by molar-refractivity contribution is -0.138. The predicted molar refractivity (Wildman–Crippen MR) is 90.3 cm³/mol. The molecule has 24 heavy (non-hydrogen) atoms. The van der Waals surface area contributed by atoms with Crippen LogP contribution in [-0.2, 0) is 19.6 Å². The molecule has 8 heteroatoms. The summed E-state index contributed by atoms with van der Waals surface area (Å²) in [4.78, 5) is 25.8. The zero-order chi connectivity index (χ0) is 17.9. The maximum absolute atomic E-state index is 13.0. The number of carbonyl (C=O) groups is 2. The first kappa shape index (κ1) is 18.4. The Morgan fingerprint density at radius 3 is 2.21 bits per heavy atom. The molecule has 0 bridgehead atoms. The van der Waals surface area contributed by atoms with Gasteiger partial charge in [-0.25, -0.2) is 8.42 Å². The Labute approximate surface area is 142 Å². The Balaban J connectivity index is 2.25. The van der Waals surface area contributed by atoms with Crippen LogP contribution in [0.15, 0.2) is 30.3 Å². The standard InChI is InChI=1S/C16H23N3O4S/c1-18(24(2,22)23)14(12-6-4-3-5-7-12)16(21)19-10-8-13(9-11-19)15(17)20/h3-7,13-14H,8-11H2,1-2H3,(H2,17,20). The molecule has 1 unspecified atom stereocenters. The van der Waals surface area contributed by atoms with Crippen molar-refractivity contribution in [2.45, 2.75) is 18.9 Å².